The van der Waals surface area contributed by atoms with Gasteiger partial charge in [-0.05, 0) is 19.9 Å². The molecule has 5 nitrogen and oxygen atoms in total. The Morgan fingerprint density at radius 2 is 1.95 bits per heavy atom. The van der Waals surface area contributed by atoms with Gasteiger partial charge in [-0.15, -0.1) is 0 Å². The smallest absolute Gasteiger partial charge is 0.424 e. The molecule has 0 saturated heterocycles. The standard InChI is InChI=1S/C12H13F4N4O/c1-10(8-6(13)3-4-7(17)19-8)5-21-11(2,9(18)20-10)12(14,15)16/h3-4H,5H2,1-2H3,(H3-,17,18,19,20)/q-1/t10-,11+/m0/s1. The molecular formula is C12H13F4N4O-. The van der Waals surface area contributed by atoms with Crippen molar-refractivity contribution in [2.75, 3.05) is 6.61 Å². The molecule has 2 heterocycles. The summed E-state index contributed by atoms with van der Waals surface area (Å²) in [6, 6.07) is 2.12. The van der Waals surface area contributed by atoms with Crippen molar-refractivity contribution in [1.82, 2.24) is 4.98 Å². The van der Waals surface area contributed by atoms with Crippen LogP contribution in [-0.4, -0.2) is 29.2 Å². The van der Waals surface area contributed by atoms with Crippen molar-refractivity contribution in [1.29, 1.82) is 0 Å². The predicted octanol–water partition coefficient (Wildman–Crippen LogP) is 2.83. The van der Waals surface area contributed by atoms with E-state index >= 15 is 0 Å². The fourth-order valence-corrected chi connectivity index (χ4v) is 1.93. The highest BCUT2D eigenvalue weighted by atomic mass is 19.4. The SMILES string of the molecule is C[C@@]1(c2nc([NH-])ccc2F)CO[C@@](C)(C(F)(F)F)C(N)=N1. The maximum atomic E-state index is 13.8. The summed E-state index contributed by atoms with van der Waals surface area (Å²) in [6.07, 6.45) is -4.74. The number of alkyl halides is 3. The fourth-order valence-electron chi connectivity index (χ4n) is 1.93. The Hall–Kier alpha value is -1.90. The average Bonchev–Trinajstić information content (AvgIpc) is 2.36. The number of pyridine rings is 1. The molecule has 2 atom stereocenters. The second-order valence-corrected chi connectivity index (χ2v) is 5.12. The van der Waals surface area contributed by atoms with Crippen LogP contribution in [0, 0.1) is 5.82 Å². The van der Waals surface area contributed by atoms with Crippen molar-refractivity contribution in [2.24, 2.45) is 10.7 Å². The van der Waals surface area contributed by atoms with Crippen LogP contribution in [0.4, 0.5) is 23.4 Å². The number of aromatic nitrogens is 1. The summed E-state index contributed by atoms with van der Waals surface area (Å²) in [7, 11) is 0. The molecule has 0 bridgehead atoms. The van der Waals surface area contributed by atoms with Crippen molar-refractivity contribution in [3.05, 3.63) is 29.4 Å². The quantitative estimate of drug-likeness (QED) is 0.810. The molecule has 9 heteroatoms. The molecule has 0 amide bonds. The number of halogens is 4. The molecular weight excluding hydrogens is 292 g/mol. The third kappa shape index (κ3) is 2.41. The second-order valence-electron chi connectivity index (χ2n) is 5.12. The summed E-state index contributed by atoms with van der Waals surface area (Å²) in [4.78, 5) is 7.45. The fraction of sp³-hybridized carbons (Fsp3) is 0.500. The highest BCUT2D eigenvalue weighted by Crippen LogP contribution is 2.40. The van der Waals surface area contributed by atoms with E-state index in [0.29, 0.717) is 0 Å². The minimum atomic E-state index is -4.74. The van der Waals surface area contributed by atoms with E-state index in [2.05, 4.69) is 9.98 Å². The number of hydrogen-bond acceptors (Lipinski definition) is 4. The Morgan fingerprint density at radius 3 is 2.48 bits per heavy atom. The van der Waals surface area contributed by atoms with E-state index in [0.717, 1.165) is 19.1 Å². The van der Waals surface area contributed by atoms with Gasteiger partial charge in [0.25, 0.3) is 0 Å². The lowest BCUT2D eigenvalue weighted by Crippen LogP contribution is -2.60. The van der Waals surface area contributed by atoms with Crippen LogP contribution in [-0.2, 0) is 10.3 Å². The minimum Gasteiger partial charge on any atom is -0.482 e. The molecule has 0 saturated carbocycles. The first kappa shape index (κ1) is 15.5. The van der Waals surface area contributed by atoms with E-state index in [1.54, 1.807) is 0 Å². The maximum Gasteiger partial charge on any atom is 0.424 e. The van der Waals surface area contributed by atoms with Crippen molar-refractivity contribution < 1.29 is 22.3 Å². The van der Waals surface area contributed by atoms with Crippen LogP contribution < -0.4 is 5.73 Å². The molecule has 0 aromatic carbocycles. The van der Waals surface area contributed by atoms with Gasteiger partial charge in [0.2, 0.25) is 5.60 Å². The van der Waals surface area contributed by atoms with E-state index in [-0.39, 0.29) is 11.5 Å². The first-order valence-corrected chi connectivity index (χ1v) is 5.95. The van der Waals surface area contributed by atoms with Gasteiger partial charge in [-0.25, -0.2) is 4.39 Å². The average molecular weight is 305 g/mol. The number of ether oxygens (including phenoxy) is 1. The molecule has 3 N–H and O–H groups in total. The molecule has 1 aliphatic rings. The summed E-state index contributed by atoms with van der Waals surface area (Å²) >= 11 is 0. The summed E-state index contributed by atoms with van der Waals surface area (Å²) < 4.78 is 57.6. The molecule has 21 heavy (non-hydrogen) atoms. The molecule has 2 rings (SSSR count). The van der Waals surface area contributed by atoms with Crippen molar-refractivity contribution in [2.45, 2.75) is 31.2 Å². The first-order chi connectivity index (χ1) is 9.49. The predicted molar refractivity (Wildman–Crippen MR) is 67.6 cm³/mol. The van der Waals surface area contributed by atoms with Gasteiger partial charge < -0.3 is 21.2 Å². The zero-order valence-electron chi connectivity index (χ0n) is 11.3. The monoisotopic (exact) mass is 305 g/mol. The van der Waals surface area contributed by atoms with Crippen LogP contribution in [0.15, 0.2) is 17.1 Å². The molecule has 0 aliphatic carbocycles. The maximum absolute atomic E-state index is 13.8. The molecule has 0 unspecified atom stereocenters. The molecule has 1 aliphatic heterocycles. The van der Waals surface area contributed by atoms with Gasteiger partial charge in [-0.3, -0.25) is 4.99 Å². The number of nitrogens with zero attached hydrogens (tertiary/aromatic N) is 2. The lowest BCUT2D eigenvalue weighted by atomic mass is 9.93. The Bertz CT molecular complexity index is 603. The molecule has 116 valence electrons. The summed E-state index contributed by atoms with van der Waals surface area (Å²) in [5, 5.41) is 0. The summed E-state index contributed by atoms with van der Waals surface area (Å²) in [6.45, 7) is 1.55. The van der Waals surface area contributed by atoms with E-state index < -0.39 is 35.6 Å². The highest BCUT2D eigenvalue weighted by Gasteiger charge is 2.58. The van der Waals surface area contributed by atoms with E-state index in [4.69, 9.17) is 16.2 Å². The van der Waals surface area contributed by atoms with Crippen molar-refractivity contribution in [3.8, 4) is 0 Å². The minimum absolute atomic E-state index is 0.231. The van der Waals surface area contributed by atoms with Crippen LogP contribution in [0.3, 0.4) is 0 Å². The van der Waals surface area contributed by atoms with Gasteiger partial charge in [-0.2, -0.15) is 13.2 Å². The molecule has 0 fully saturated rings. The lowest BCUT2D eigenvalue weighted by molar-refractivity contribution is -0.249. The Balaban J connectivity index is 2.51. The highest BCUT2D eigenvalue weighted by molar-refractivity contribution is 5.90. The van der Waals surface area contributed by atoms with Crippen LogP contribution in [0.25, 0.3) is 5.73 Å². The third-order valence-electron chi connectivity index (χ3n) is 3.39. The van der Waals surface area contributed by atoms with Crippen LogP contribution >= 0.6 is 0 Å². The molecule has 1 aromatic heterocycles. The topological polar surface area (TPSA) is 84.3 Å². The largest absolute Gasteiger partial charge is 0.482 e. The number of hydrogen-bond donors (Lipinski definition) is 1. The van der Waals surface area contributed by atoms with Gasteiger partial charge in [0.05, 0.1) is 6.61 Å². The third-order valence-corrected chi connectivity index (χ3v) is 3.39. The zero-order valence-corrected chi connectivity index (χ0v) is 11.3. The van der Waals surface area contributed by atoms with Gasteiger partial charge in [0.15, 0.2) is 0 Å². The molecule has 0 radical (unpaired) electrons. The van der Waals surface area contributed by atoms with Gasteiger partial charge >= 0.3 is 6.18 Å². The van der Waals surface area contributed by atoms with E-state index in [1.165, 1.54) is 6.92 Å². The Kier molecular flexibility index (Phi) is 3.36. The number of amidine groups is 1. The summed E-state index contributed by atoms with van der Waals surface area (Å²) in [5.41, 5.74) is 8.28. The lowest BCUT2D eigenvalue weighted by Gasteiger charge is -2.41. The first-order valence-electron chi connectivity index (χ1n) is 5.95. The molecule has 1 aromatic rings. The molecule has 0 spiro atoms. The van der Waals surface area contributed by atoms with E-state index in [1.807, 2.05) is 0 Å². The van der Waals surface area contributed by atoms with Crippen molar-refractivity contribution in [3.63, 3.8) is 0 Å². The van der Waals surface area contributed by atoms with Gasteiger partial charge in [-0.1, -0.05) is 11.9 Å². The summed E-state index contributed by atoms with van der Waals surface area (Å²) in [5.74, 6) is -1.82. The van der Waals surface area contributed by atoms with Crippen LogP contribution in [0.1, 0.15) is 19.5 Å². The van der Waals surface area contributed by atoms with Crippen molar-refractivity contribution >= 4 is 11.7 Å². The second kappa shape index (κ2) is 4.55. The van der Waals surface area contributed by atoms with Crippen LogP contribution in [0.2, 0.25) is 0 Å². The van der Waals surface area contributed by atoms with Crippen LogP contribution in [0.5, 0.6) is 0 Å². The van der Waals surface area contributed by atoms with E-state index in [9.17, 15) is 17.6 Å². The Morgan fingerprint density at radius 1 is 1.33 bits per heavy atom. The number of rotatable bonds is 1. The number of nitrogens with two attached hydrogens (primary N) is 1. The number of aliphatic imine (C=N–C) groups is 1. The normalized spacial score (nSPS) is 30.1. The Labute approximate surface area is 118 Å². The number of nitrogens with one attached hydrogen (secondary N) is 1. The van der Waals surface area contributed by atoms with Gasteiger partial charge in [0.1, 0.15) is 17.2 Å². The zero-order chi connectivity index (χ0) is 16.1. The van der Waals surface area contributed by atoms with Gasteiger partial charge in [0, 0.05) is 5.69 Å².